The zero-order valence-electron chi connectivity index (χ0n) is 22.1. The molecule has 7 nitrogen and oxygen atoms in total. The number of hydrogen-bond acceptors (Lipinski definition) is 7. The molecule has 5 rings (SSSR count). The van der Waals surface area contributed by atoms with Crippen molar-refractivity contribution in [2.24, 2.45) is 11.8 Å². The Morgan fingerprint density at radius 1 is 0.854 bits per heavy atom. The number of β-lactam (4-membered cyclic amide) rings is 1. The second-order valence-corrected chi connectivity index (χ2v) is 12.1. The Morgan fingerprint density at radius 3 is 2.07 bits per heavy atom. The second-order valence-electron chi connectivity index (χ2n) is 10.8. The highest BCUT2D eigenvalue weighted by atomic mass is 32.2. The Bertz CT molecular complexity index is 1320. The molecule has 1 heterocycles. The van der Waals surface area contributed by atoms with Crippen LogP contribution in [0.2, 0.25) is 0 Å². The summed E-state index contributed by atoms with van der Waals surface area (Å²) in [5, 5.41) is 50.6. The van der Waals surface area contributed by atoms with Crippen molar-refractivity contribution in [3.63, 3.8) is 0 Å². The molecule has 10 heteroatoms. The van der Waals surface area contributed by atoms with Gasteiger partial charge in [-0.25, -0.2) is 8.78 Å². The number of hydrogen-bond donors (Lipinski definition) is 5. The van der Waals surface area contributed by atoms with Crippen molar-refractivity contribution in [3.05, 3.63) is 95.6 Å². The van der Waals surface area contributed by atoms with E-state index in [4.69, 9.17) is 0 Å². The van der Waals surface area contributed by atoms with Gasteiger partial charge in [0.25, 0.3) is 0 Å². The minimum Gasteiger partial charge on any atom is -0.396 e. The van der Waals surface area contributed by atoms with Crippen LogP contribution in [0.3, 0.4) is 0 Å². The third-order valence-corrected chi connectivity index (χ3v) is 9.49. The van der Waals surface area contributed by atoms with Crippen LogP contribution in [0.25, 0.3) is 0 Å². The fourth-order valence-corrected chi connectivity index (χ4v) is 7.07. The average Bonchev–Trinajstić information content (AvgIpc) is 2.98. The highest BCUT2D eigenvalue weighted by molar-refractivity contribution is 8.00. The van der Waals surface area contributed by atoms with E-state index in [1.165, 1.54) is 48.2 Å². The number of benzene rings is 3. The Morgan fingerprint density at radius 2 is 1.46 bits per heavy atom. The maximum absolute atomic E-state index is 13.6. The monoisotopic (exact) mass is 585 g/mol. The summed E-state index contributed by atoms with van der Waals surface area (Å²) in [5.74, 6) is -1.92. The van der Waals surface area contributed by atoms with Gasteiger partial charge in [-0.3, -0.25) is 4.79 Å². The van der Waals surface area contributed by atoms with Gasteiger partial charge in [-0.05, 0) is 78.9 Å². The molecule has 5 N–H and O–H groups in total. The number of aliphatic hydroxyl groups excluding tert-OH is 5. The third kappa shape index (κ3) is 6.18. The van der Waals surface area contributed by atoms with Crippen LogP contribution in [-0.4, -0.2) is 61.6 Å². The number of nitrogens with zero attached hydrogens (tertiary/aromatic N) is 1. The molecule has 1 amide bonds. The van der Waals surface area contributed by atoms with Gasteiger partial charge in [-0.1, -0.05) is 24.3 Å². The molecule has 1 aliphatic carbocycles. The molecular weight excluding hydrogens is 552 g/mol. The molecule has 8 atom stereocenters. The Hall–Kier alpha value is -2.86. The first-order valence-corrected chi connectivity index (χ1v) is 14.5. The summed E-state index contributed by atoms with van der Waals surface area (Å²) in [4.78, 5) is 15.7. The van der Waals surface area contributed by atoms with Crippen LogP contribution in [0.4, 0.5) is 14.5 Å². The highest BCUT2D eigenvalue weighted by Gasteiger charge is 2.48. The summed E-state index contributed by atoms with van der Waals surface area (Å²) >= 11 is 1.34. The van der Waals surface area contributed by atoms with Crippen molar-refractivity contribution in [1.82, 2.24) is 0 Å². The minimum atomic E-state index is -1.35. The first-order valence-electron chi connectivity index (χ1n) is 13.6. The van der Waals surface area contributed by atoms with Gasteiger partial charge >= 0.3 is 0 Å². The maximum Gasteiger partial charge on any atom is 0.233 e. The molecule has 2 fully saturated rings. The fraction of sp³-hybridized carbons (Fsp3) is 0.387. The first kappa shape index (κ1) is 29.6. The number of carbonyl (C=O) groups excluding carboxylic acids is 1. The first-order chi connectivity index (χ1) is 19.7. The van der Waals surface area contributed by atoms with Crippen LogP contribution in [0.5, 0.6) is 0 Å². The standard InChI is InChI=1S/C31H33F2NO6S/c32-20-5-1-17(2-6-20)25(36)14-13-24-27(34(31(24)40)22-9-7-21(33)8-10-22)18-3-11-23(12-4-18)41-26-15-19(16-35)28(37)30(39)29(26)38/h1-12,19,24-30,35-39H,13-16H2/t19-,24?,25+,26-,27-,28-,29+,30+/m1/s1. The number of rotatable bonds is 9. The van der Waals surface area contributed by atoms with Crippen molar-refractivity contribution in [1.29, 1.82) is 0 Å². The van der Waals surface area contributed by atoms with Crippen LogP contribution in [0.15, 0.2) is 77.7 Å². The van der Waals surface area contributed by atoms with E-state index in [0.29, 0.717) is 30.5 Å². The van der Waals surface area contributed by atoms with Gasteiger partial charge in [0.2, 0.25) is 5.91 Å². The van der Waals surface area contributed by atoms with E-state index < -0.39 is 53.1 Å². The number of anilines is 1. The van der Waals surface area contributed by atoms with Crippen LogP contribution < -0.4 is 4.90 Å². The van der Waals surface area contributed by atoms with E-state index in [2.05, 4.69) is 0 Å². The predicted molar refractivity (Wildman–Crippen MR) is 150 cm³/mol. The molecule has 0 aromatic heterocycles. The van der Waals surface area contributed by atoms with E-state index in [1.54, 1.807) is 17.0 Å². The Labute approximate surface area is 241 Å². The number of aliphatic hydroxyl groups is 5. The van der Waals surface area contributed by atoms with Crippen molar-refractivity contribution >= 4 is 23.4 Å². The molecule has 0 radical (unpaired) electrons. The summed E-state index contributed by atoms with van der Waals surface area (Å²) in [5.41, 5.74) is 1.97. The van der Waals surface area contributed by atoms with Gasteiger partial charge in [0.1, 0.15) is 17.7 Å². The Balaban J connectivity index is 1.33. The lowest BCUT2D eigenvalue weighted by Crippen LogP contribution is -2.55. The number of carbonyl (C=O) groups is 1. The van der Waals surface area contributed by atoms with Crippen LogP contribution >= 0.6 is 11.8 Å². The number of halogens is 2. The summed E-state index contributed by atoms with van der Waals surface area (Å²) in [7, 11) is 0. The van der Waals surface area contributed by atoms with Crippen LogP contribution in [0, 0.1) is 23.5 Å². The van der Waals surface area contributed by atoms with Crippen LogP contribution in [0.1, 0.15) is 42.5 Å². The highest BCUT2D eigenvalue weighted by Crippen LogP contribution is 2.47. The summed E-state index contributed by atoms with van der Waals surface area (Å²) < 4.78 is 26.9. The van der Waals surface area contributed by atoms with E-state index in [0.717, 1.165) is 10.5 Å². The van der Waals surface area contributed by atoms with E-state index in [-0.39, 0.29) is 18.6 Å². The lowest BCUT2D eigenvalue weighted by Gasteiger charge is -2.48. The van der Waals surface area contributed by atoms with Gasteiger partial charge < -0.3 is 30.4 Å². The lowest BCUT2D eigenvalue weighted by atomic mass is 9.78. The van der Waals surface area contributed by atoms with E-state index in [1.807, 2.05) is 24.3 Å². The number of thioether (sulfide) groups is 1. The largest absolute Gasteiger partial charge is 0.396 e. The van der Waals surface area contributed by atoms with Gasteiger partial charge in [0, 0.05) is 28.4 Å². The molecule has 2 aliphatic rings. The van der Waals surface area contributed by atoms with Gasteiger partial charge in [0.05, 0.1) is 30.3 Å². The molecule has 218 valence electrons. The SMILES string of the molecule is O=C1C(CC[C@H](O)c2ccc(F)cc2)[C@@H](c2ccc(S[C@@H]3C[C@H](CO)[C@@H](O)[C@H](O)[C@H]3O)cc2)N1c1ccc(F)cc1. The van der Waals surface area contributed by atoms with Crippen molar-refractivity contribution < 1.29 is 39.1 Å². The molecular formula is C31H33F2NO6S. The third-order valence-electron chi connectivity index (χ3n) is 8.17. The van der Waals surface area contributed by atoms with Crippen molar-refractivity contribution in [3.8, 4) is 0 Å². The maximum atomic E-state index is 13.6. The zero-order valence-corrected chi connectivity index (χ0v) is 22.9. The van der Waals surface area contributed by atoms with E-state index in [9.17, 15) is 39.1 Å². The molecule has 1 saturated heterocycles. The van der Waals surface area contributed by atoms with Gasteiger partial charge in [-0.2, -0.15) is 0 Å². The normalized spacial score (nSPS) is 28.8. The molecule has 0 spiro atoms. The number of amides is 1. The molecule has 0 bridgehead atoms. The van der Waals surface area contributed by atoms with Gasteiger partial charge in [-0.15, -0.1) is 11.8 Å². The predicted octanol–water partition coefficient (Wildman–Crippen LogP) is 3.74. The van der Waals surface area contributed by atoms with Crippen molar-refractivity contribution in [2.45, 2.75) is 59.9 Å². The smallest absolute Gasteiger partial charge is 0.233 e. The molecule has 3 aromatic carbocycles. The fourth-order valence-electron chi connectivity index (χ4n) is 5.79. The molecule has 41 heavy (non-hydrogen) atoms. The minimum absolute atomic E-state index is 0.140. The Kier molecular flexibility index (Phi) is 9.08. The van der Waals surface area contributed by atoms with Crippen molar-refractivity contribution in [2.75, 3.05) is 11.5 Å². The lowest BCUT2D eigenvalue weighted by molar-refractivity contribution is -0.131. The van der Waals surface area contributed by atoms with Gasteiger partial charge in [0.15, 0.2) is 0 Å². The molecule has 1 unspecified atom stereocenters. The second kappa shape index (κ2) is 12.6. The zero-order chi connectivity index (χ0) is 29.3. The average molecular weight is 586 g/mol. The summed E-state index contributed by atoms with van der Waals surface area (Å²) in [6.07, 6.45) is -3.56. The summed E-state index contributed by atoms with van der Waals surface area (Å²) in [6, 6.07) is 18.4. The van der Waals surface area contributed by atoms with Crippen LogP contribution in [-0.2, 0) is 4.79 Å². The molecule has 1 saturated carbocycles. The summed E-state index contributed by atoms with van der Waals surface area (Å²) in [6.45, 7) is -0.298. The molecule has 3 aromatic rings. The molecule has 1 aliphatic heterocycles. The van der Waals surface area contributed by atoms with E-state index >= 15 is 0 Å². The quantitative estimate of drug-likeness (QED) is 0.243. The topological polar surface area (TPSA) is 121 Å².